The molecule has 166 valence electrons. The quantitative estimate of drug-likeness (QED) is 0.531. The van der Waals surface area contributed by atoms with Gasteiger partial charge in [0, 0.05) is 49.7 Å². The van der Waals surface area contributed by atoms with Gasteiger partial charge in [-0.3, -0.25) is 9.59 Å². The van der Waals surface area contributed by atoms with Crippen molar-refractivity contribution >= 4 is 23.2 Å². The van der Waals surface area contributed by atoms with Crippen LogP contribution in [0.5, 0.6) is 0 Å². The molecule has 0 saturated heterocycles. The van der Waals surface area contributed by atoms with Crippen molar-refractivity contribution in [2.45, 2.75) is 19.9 Å². The Morgan fingerprint density at radius 1 is 0.906 bits per heavy atom. The van der Waals surface area contributed by atoms with Crippen LogP contribution in [0.1, 0.15) is 39.6 Å². The highest BCUT2D eigenvalue weighted by atomic mass is 19.1. The molecule has 3 aromatic carbocycles. The second kappa shape index (κ2) is 10.6. The lowest BCUT2D eigenvalue weighted by Crippen LogP contribution is -2.32. The molecule has 32 heavy (non-hydrogen) atoms. The zero-order chi connectivity index (χ0) is 23.1. The van der Waals surface area contributed by atoms with Crippen molar-refractivity contribution in [3.05, 3.63) is 95.3 Å². The van der Waals surface area contributed by atoms with E-state index < -0.39 is 0 Å². The summed E-state index contributed by atoms with van der Waals surface area (Å²) >= 11 is 0. The van der Waals surface area contributed by atoms with Crippen LogP contribution in [0.3, 0.4) is 0 Å². The van der Waals surface area contributed by atoms with Gasteiger partial charge in [-0.05, 0) is 66.6 Å². The van der Waals surface area contributed by atoms with Crippen LogP contribution >= 0.6 is 0 Å². The number of carbonyl (C=O) groups excluding carboxylic acids is 2. The topological polar surface area (TPSA) is 52.7 Å². The van der Waals surface area contributed by atoms with Crippen molar-refractivity contribution < 1.29 is 14.0 Å². The molecule has 0 spiro atoms. The van der Waals surface area contributed by atoms with Gasteiger partial charge in [-0.2, -0.15) is 0 Å². The highest BCUT2D eigenvalue weighted by Crippen LogP contribution is 2.26. The van der Waals surface area contributed by atoms with Gasteiger partial charge in [-0.25, -0.2) is 4.39 Å². The molecule has 0 unspecified atom stereocenters. The van der Waals surface area contributed by atoms with Gasteiger partial charge in [0.05, 0.1) is 0 Å². The van der Waals surface area contributed by atoms with E-state index in [1.54, 1.807) is 17.0 Å². The highest BCUT2D eigenvalue weighted by molar-refractivity contribution is 6.04. The SMILES string of the molecule is CCCN(Cc1cc(NC(=O)c2ccccc2)ccc1N(C)C)C(=O)c1ccc(F)cc1. The van der Waals surface area contributed by atoms with E-state index in [2.05, 4.69) is 5.32 Å². The van der Waals surface area contributed by atoms with Crippen LogP contribution in [0.25, 0.3) is 0 Å². The second-order valence-corrected chi connectivity index (χ2v) is 7.79. The lowest BCUT2D eigenvalue weighted by molar-refractivity contribution is 0.0743. The smallest absolute Gasteiger partial charge is 0.255 e. The molecule has 0 saturated carbocycles. The van der Waals surface area contributed by atoms with Gasteiger partial charge in [0.25, 0.3) is 11.8 Å². The van der Waals surface area contributed by atoms with Crippen molar-refractivity contribution in [2.75, 3.05) is 30.9 Å². The Morgan fingerprint density at radius 2 is 1.59 bits per heavy atom. The summed E-state index contributed by atoms with van der Waals surface area (Å²) in [6, 6.07) is 20.3. The van der Waals surface area contributed by atoms with E-state index >= 15 is 0 Å². The third kappa shape index (κ3) is 5.72. The number of hydrogen-bond acceptors (Lipinski definition) is 3. The molecular weight excluding hydrogens is 405 g/mol. The summed E-state index contributed by atoms with van der Waals surface area (Å²) < 4.78 is 13.3. The van der Waals surface area contributed by atoms with Crippen LogP contribution < -0.4 is 10.2 Å². The van der Waals surface area contributed by atoms with Gasteiger partial charge in [0.15, 0.2) is 0 Å². The Morgan fingerprint density at radius 3 is 2.22 bits per heavy atom. The first-order chi connectivity index (χ1) is 15.4. The lowest BCUT2D eigenvalue weighted by atomic mass is 10.1. The van der Waals surface area contributed by atoms with Gasteiger partial charge in [0.2, 0.25) is 0 Å². The van der Waals surface area contributed by atoms with Crippen molar-refractivity contribution in [3.8, 4) is 0 Å². The van der Waals surface area contributed by atoms with Crippen molar-refractivity contribution in [1.29, 1.82) is 0 Å². The molecule has 1 N–H and O–H groups in total. The number of nitrogens with one attached hydrogen (secondary N) is 1. The molecule has 0 fully saturated rings. The minimum absolute atomic E-state index is 0.157. The van der Waals surface area contributed by atoms with Gasteiger partial charge >= 0.3 is 0 Å². The van der Waals surface area contributed by atoms with Gasteiger partial charge in [0.1, 0.15) is 5.82 Å². The average molecular weight is 434 g/mol. The van der Waals surface area contributed by atoms with E-state index in [0.29, 0.717) is 29.9 Å². The first-order valence-electron chi connectivity index (χ1n) is 10.6. The van der Waals surface area contributed by atoms with E-state index in [9.17, 15) is 14.0 Å². The molecule has 0 aliphatic heterocycles. The molecule has 0 atom stereocenters. The van der Waals surface area contributed by atoms with Crippen LogP contribution in [-0.2, 0) is 6.54 Å². The monoisotopic (exact) mass is 433 g/mol. The predicted octanol–water partition coefficient (Wildman–Crippen LogP) is 5.20. The van der Waals surface area contributed by atoms with Gasteiger partial charge in [-0.1, -0.05) is 25.1 Å². The number of carbonyl (C=O) groups is 2. The molecule has 5 nitrogen and oxygen atoms in total. The summed E-state index contributed by atoms with van der Waals surface area (Å²) in [7, 11) is 3.88. The number of rotatable bonds is 8. The van der Waals surface area contributed by atoms with E-state index in [-0.39, 0.29) is 17.6 Å². The van der Waals surface area contributed by atoms with Crippen molar-refractivity contribution in [3.63, 3.8) is 0 Å². The molecule has 3 rings (SSSR count). The van der Waals surface area contributed by atoms with E-state index in [1.165, 1.54) is 24.3 Å². The highest BCUT2D eigenvalue weighted by Gasteiger charge is 2.18. The summed E-state index contributed by atoms with van der Waals surface area (Å²) in [6.07, 6.45) is 0.786. The number of benzene rings is 3. The first kappa shape index (κ1) is 23.0. The van der Waals surface area contributed by atoms with Crippen LogP contribution in [0.4, 0.5) is 15.8 Å². The van der Waals surface area contributed by atoms with E-state index in [4.69, 9.17) is 0 Å². The van der Waals surface area contributed by atoms with Crippen LogP contribution in [0, 0.1) is 5.82 Å². The fourth-order valence-corrected chi connectivity index (χ4v) is 3.52. The average Bonchev–Trinajstić information content (AvgIpc) is 2.79. The van der Waals surface area contributed by atoms with Gasteiger partial charge in [-0.15, -0.1) is 0 Å². The predicted molar refractivity (Wildman–Crippen MR) is 127 cm³/mol. The molecule has 3 aromatic rings. The molecule has 0 bridgehead atoms. The Hall–Kier alpha value is -3.67. The molecule has 0 aromatic heterocycles. The molecule has 0 heterocycles. The maximum Gasteiger partial charge on any atom is 0.255 e. The Kier molecular flexibility index (Phi) is 7.60. The molecular formula is C26H28FN3O2. The standard InChI is InChI=1S/C26H28FN3O2/c1-4-16-30(26(32)20-10-12-22(27)13-11-20)18-21-17-23(14-15-24(21)29(2)3)28-25(31)19-8-6-5-7-9-19/h5-15,17H,4,16,18H2,1-3H3,(H,28,31). The number of anilines is 2. The fourth-order valence-electron chi connectivity index (χ4n) is 3.52. The normalized spacial score (nSPS) is 10.5. The van der Waals surface area contributed by atoms with Crippen molar-refractivity contribution in [1.82, 2.24) is 4.90 Å². The lowest BCUT2D eigenvalue weighted by Gasteiger charge is -2.26. The number of amides is 2. The van der Waals surface area contributed by atoms with E-state index in [1.807, 2.05) is 62.3 Å². The third-order valence-electron chi connectivity index (χ3n) is 5.09. The maximum atomic E-state index is 13.3. The Labute approximate surface area is 188 Å². The van der Waals surface area contributed by atoms with Crippen LogP contribution in [0.15, 0.2) is 72.8 Å². The zero-order valence-electron chi connectivity index (χ0n) is 18.6. The summed E-state index contributed by atoms with van der Waals surface area (Å²) in [5.74, 6) is -0.724. The maximum absolute atomic E-state index is 13.3. The van der Waals surface area contributed by atoms with Crippen LogP contribution in [0.2, 0.25) is 0 Å². The largest absolute Gasteiger partial charge is 0.377 e. The number of hydrogen-bond donors (Lipinski definition) is 1. The van der Waals surface area contributed by atoms with Gasteiger partial charge < -0.3 is 15.1 Å². The van der Waals surface area contributed by atoms with E-state index in [0.717, 1.165) is 17.7 Å². The molecule has 0 aliphatic rings. The summed E-state index contributed by atoms with van der Waals surface area (Å²) in [5, 5.41) is 2.93. The minimum Gasteiger partial charge on any atom is -0.377 e. The van der Waals surface area contributed by atoms with Crippen LogP contribution in [-0.4, -0.2) is 37.4 Å². The number of nitrogens with zero attached hydrogens (tertiary/aromatic N) is 2. The number of halogens is 1. The summed E-state index contributed by atoms with van der Waals surface area (Å²) in [5.41, 5.74) is 3.54. The fraction of sp³-hybridized carbons (Fsp3) is 0.231. The molecule has 2 amide bonds. The molecule has 0 aliphatic carbocycles. The third-order valence-corrected chi connectivity index (χ3v) is 5.09. The van der Waals surface area contributed by atoms with Crippen molar-refractivity contribution in [2.24, 2.45) is 0 Å². The molecule has 0 radical (unpaired) electrons. The summed E-state index contributed by atoms with van der Waals surface area (Å²) in [4.78, 5) is 29.4. The zero-order valence-corrected chi connectivity index (χ0v) is 18.6. The minimum atomic E-state index is -0.375. The second-order valence-electron chi connectivity index (χ2n) is 7.79. The summed E-state index contributed by atoms with van der Waals surface area (Å²) in [6.45, 7) is 2.94. The Balaban J connectivity index is 1.87. The molecule has 6 heteroatoms. The Bertz CT molecular complexity index is 1070. The first-order valence-corrected chi connectivity index (χ1v) is 10.6.